The van der Waals surface area contributed by atoms with E-state index in [2.05, 4.69) is 0 Å². The molecule has 150 valence electrons. The lowest BCUT2D eigenvalue weighted by Crippen LogP contribution is -2.60. The second kappa shape index (κ2) is 7.94. The molecule has 5 heteroatoms. The van der Waals surface area contributed by atoms with Gasteiger partial charge in [0.2, 0.25) is 0 Å². The third kappa shape index (κ3) is 3.91. The van der Waals surface area contributed by atoms with Crippen LogP contribution in [0.5, 0.6) is 5.75 Å². The zero-order valence-corrected chi connectivity index (χ0v) is 17.1. The Kier molecular flexibility index (Phi) is 5.77. The Hall–Kier alpha value is -2.37. The van der Waals surface area contributed by atoms with E-state index in [4.69, 9.17) is 9.47 Å². The van der Waals surface area contributed by atoms with Crippen LogP contribution in [-0.2, 0) is 4.74 Å². The van der Waals surface area contributed by atoms with Crippen LogP contribution in [0, 0.1) is 5.41 Å². The summed E-state index contributed by atoms with van der Waals surface area (Å²) in [6.45, 7) is 5.23. The van der Waals surface area contributed by atoms with E-state index in [-0.39, 0.29) is 12.5 Å². The van der Waals surface area contributed by atoms with E-state index in [9.17, 15) is 9.90 Å². The number of methoxy groups -OCH3 is 2. The number of nitrogens with zero attached hydrogens (tertiary/aromatic N) is 1. The normalized spacial score (nSPS) is 21.4. The van der Waals surface area contributed by atoms with Crippen LogP contribution in [-0.4, -0.2) is 55.4 Å². The van der Waals surface area contributed by atoms with Crippen LogP contribution < -0.4 is 4.74 Å². The Balaban J connectivity index is 1.82. The van der Waals surface area contributed by atoms with Crippen molar-refractivity contribution in [2.24, 2.45) is 5.41 Å². The fourth-order valence-electron chi connectivity index (χ4n) is 3.86. The maximum atomic E-state index is 13.2. The van der Waals surface area contributed by atoms with E-state index in [0.717, 1.165) is 16.9 Å². The minimum absolute atomic E-state index is 0.0164. The quantitative estimate of drug-likeness (QED) is 0.857. The molecule has 1 amide bonds. The van der Waals surface area contributed by atoms with Gasteiger partial charge in [-0.05, 0) is 41.8 Å². The first-order valence-corrected chi connectivity index (χ1v) is 9.55. The number of rotatable bonds is 5. The van der Waals surface area contributed by atoms with Crippen LogP contribution in [0.4, 0.5) is 0 Å². The summed E-state index contributed by atoms with van der Waals surface area (Å²) in [5, 5.41) is 10.9. The molecule has 1 aliphatic rings. The molecular weight excluding hydrogens is 354 g/mol. The molecule has 2 aromatic rings. The maximum absolute atomic E-state index is 13.2. The van der Waals surface area contributed by atoms with Crippen molar-refractivity contribution < 1.29 is 19.4 Å². The molecule has 0 radical (unpaired) electrons. The van der Waals surface area contributed by atoms with Crippen LogP contribution >= 0.6 is 0 Å². The van der Waals surface area contributed by atoms with Crippen LogP contribution in [0.1, 0.15) is 30.6 Å². The van der Waals surface area contributed by atoms with Gasteiger partial charge in [0.1, 0.15) is 5.75 Å². The molecule has 0 saturated carbocycles. The first-order valence-electron chi connectivity index (χ1n) is 9.55. The molecule has 0 unspecified atom stereocenters. The van der Waals surface area contributed by atoms with Crippen molar-refractivity contribution in [1.29, 1.82) is 0 Å². The van der Waals surface area contributed by atoms with Gasteiger partial charge in [0.15, 0.2) is 0 Å². The summed E-state index contributed by atoms with van der Waals surface area (Å²) < 4.78 is 10.5. The molecule has 1 aliphatic heterocycles. The van der Waals surface area contributed by atoms with Crippen LogP contribution in [0.2, 0.25) is 0 Å². The van der Waals surface area contributed by atoms with Gasteiger partial charge in [-0.3, -0.25) is 4.79 Å². The first-order chi connectivity index (χ1) is 13.3. The van der Waals surface area contributed by atoms with Gasteiger partial charge in [-0.1, -0.05) is 38.1 Å². The Labute approximate surface area is 166 Å². The fourth-order valence-corrected chi connectivity index (χ4v) is 3.86. The molecule has 3 rings (SSSR count). The lowest BCUT2D eigenvalue weighted by molar-refractivity contribution is -0.144. The average molecular weight is 383 g/mol. The monoisotopic (exact) mass is 383 g/mol. The second-order valence-electron chi connectivity index (χ2n) is 8.14. The third-order valence-corrected chi connectivity index (χ3v) is 5.82. The molecule has 0 aromatic heterocycles. The molecule has 1 heterocycles. The largest absolute Gasteiger partial charge is 0.497 e. The molecule has 0 spiro atoms. The summed E-state index contributed by atoms with van der Waals surface area (Å²) in [6.07, 6.45) is 0.495. The smallest absolute Gasteiger partial charge is 0.253 e. The highest BCUT2D eigenvalue weighted by Crippen LogP contribution is 2.39. The lowest BCUT2D eigenvalue weighted by atomic mass is 9.70. The Morgan fingerprint density at radius 2 is 1.79 bits per heavy atom. The fraction of sp³-hybridized carbons (Fsp3) is 0.435. The van der Waals surface area contributed by atoms with E-state index in [1.165, 1.54) is 0 Å². The molecular formula is C23H29NO4. The molecule has 2 aromatic carbocycles. The van der Waals surface area contributed by atoms with Gasteiger partial charge in [-0.15, -0.1) is 0 Å². The zero-order chi connectivity index (χ0) is 20.4. The number of aliphatic hydroxyl groups is 1. The van der Waals surface area contributed by atoms with Crippen molar-refractivity contribution in [2.45, 2.75) is 25.9 Å². The molecule has 1 N–H and O–H groups in total. The minimum Gasteiger partial charge on any atom is -0.497 e. The number of ether oxygens (including phenoxy) is 2. The summed E-state index contributed by atoms with van der Waals surface area (Å²) in [5.41, 5.74) is 1.23. The summed E-state index contributed by atoms with van der Waals surface area (Å²) >= 11 is 0. The molecule has 1 fully saturated rings. The third-order valence-electron chi connectivity index (χ3n) is 5.82. The highest BCUT2D eigenvalue weighted by Gasteiger charge is 2.48. The minimum atomic E-state index is -0.930. The van der Waals surface area contributed by atoms with Crippen molar-refractivity contribution >= 4 is 5.91 Å². The Morgan fingerprint density at radius 1 is 1.11 bits per heavy atom. The number of piperidine rings is 1. The number of carbonyl (C=O) groups excluding carboxylic acids is 1. The maximum Gasteiger partial charge on any atom is 0.253 e. The van der Waals surface area contributed by atoms with Gasteiger partial charge in [0.25, 0.3) is 5.91 Å². The number of hydrogen-bond donors (Lipinski definition) is 1. The predicted octanol–water partition coefficient (Wildman–Crippen LogP) is 3.61. The van der Waals surface area contributed by atoms with Gasteiger partial charge in [-0.25, -0.2) is 0 Å². The van der Waals surface area contributed by atoms with Gasteiger partial charge in [0, 0.05) is 31.2 Å². The highest BCUT2D eigenvalue weighted by molar-refractivity contribution is 5.95. The van der Waals surface area contributed by atoms with E-state index < -0.39 is 11.0 Å². The number of hydrogen-bond acceptors (Lipinski definition) is 4. The van der Waals surface area contributed by atoms with Crippen molar-refractivity contribution in [1.82, 2.24) is 4.90 Å². The van der Waals surface area contributed by atoms with Gasteiger partial charge < -0.3 is 19.5 Å². The van der Waals surface area contributed by atoms with Crippen molar-refractivity contribution in [3.05, 3.63) is 54.1 Å². The summed E-state index contributed by atoms with van der Waals surface area (Å²) in [7, 11) is 3.23. The molecule has 1 saturated heterocycles. The Morgan fingerprint density at radius 3 is 2.43 bits per heavy atom. The number of benzene rings is 2. The zero-order valence-electron chi connectivity index (χ0n) is 17.1. The summed E-state index contributed by atoms with van der Waals surface area (Å²) in [6, 6.07) is 15.4. The molecule has 5 nitrogen and oxygen atoms in total. The lowest BCUT2D eigenvalue weighted by Gasteiger charge is -2.50. The highest BCUT2D eigenvalue weighted by atomic mass is 16.5. The molecule has 28 heavy (non-hydrogen) atoms. The predicted molar refractivity (Wildman–Crippen MR) is 110 cm³/mol. The van der Waals surface area contributed by atoms with Crippen LogP contribution in [0.25, 0.3) is 11.1 Å². The van der Waals surface area contributed by atoms with Gasteiger partial charge in [0.05, 0.1) is 19.3 Å². The molecule has 0 bridgehead atoms. The van der Waals surface area contributed by atoms with E-state index in [0.29, 0.717) is 25.1 Å². The number of amides is 1. The van der Waals surface area contributed by atoms with Crippen LogP contribution in [0.15, 0.2) is 48.5 Å². The van der Waals surface area contributed by atoms with Crippen molar-refractivity contribution in [2.75, 3.05) is 33.9 Å². The summed E-state index contributed by atoms with van der Waals surface area (Å²) in [4.78, 5) is 15.0. The van der Waals surface area contributed by atoms with Gasteiger partial charge in [-0.2, -0.15) is 0 Å². The first kappa shape index (κ1) is 20.4. The van der Waals surface area contributed by atoms with E-state index in [1.807, 2.05) is 67.3 Å². The van der Waals surface area contributed by atoms with E-state index >= 15 is 0 Å². The number of carbonyl (C=O) groups is 1. The molecule has 1 atom stereocenters. The van der Waals surface area contributed by atoms with Crippen molar-refractivity contribution in [3.8, 4) is 16.9 Å². The standard InChI is InChI=1S/C23H29NO4/c1-22(2)15-24(12-11-23(22,26)16-27-3)21(25)19-9-5-7-17(13-19)18-8-6-10-20(14-18)28-4/h5-10,13-14,26H,11-12,15-16H2,1-4H3/t23-/m1/s1. The summed E-state index contributed by atoms with van der Waals surface area (Å²) in [5.74, 6) is 0.765. The van der Waals surface area contributed by atoms with E-state index in [1.54, 1.807) is 14.2 Å². The van der Waals surface area contributed by atoms with Crippen molar-refractivity contribution in [3.63, 3.8) is 0 Å². The average Bonchev–Trinajstić information content (AvgIpc) is 2.70. The topological polar surface area (TPSA) is 59.0 Å². The SMILES string of the molecule is COC[C@]1(O)CCN(C(=O)c2cccc(-c3cccc(OC)c3)c2)CC1(C)C. The second-order valence-corrected chi connectivity index (χ2v) is 8.14. The van der Waals surface area contributed by atoms with Gasteiger partial charge >= 0.3 is 0 Å². The molecule has 0 aliphatic carbocycles. The van der Waals surface area contributed by atoms with Crippen LogP contribution in [0.3, 0.4) is 0 Å². The Bertz CT molecular complexity index is 848. The number of likely N-dealkylation sites (tertiary alicyclic amines) is 1.